The van der Waals surface area contributed by atoms with Gasteiger partial charge in [-0.15, -0.1) is 22.7 Å². The van der Waals surface area contributed by atoms with E-state index in [9.17, 15) is 0 Å². The van der Waals surface area contributed by atoms with Crippen molar-refractivity contribution in [3.05, 3.63) is 255 Å². The summed E-state index contributed by atoms with van der Waals surface area (Å²) >= 11 is 3.70. The summed E-state index contributed by atoms with van der Waals surface area (Å²) in [6, 6.07) is 92.8. The quantitative estimate of drug-likeness (QED) is 0.144. The van der Waals surface area contributed by atoms with Crippen molar-refractivity contribution in [3.63, 3.8) is 0 Å². The number of anilines is 6. The van der Waals surface area contributed by atoms with E-state index in [1.54, 1.807) is 0 Å². The van der Waals surface area contributed by atoms with Gasteiger partial charge in [0.15, 0.2) is 0 Å². The van der Waals surface area contributed by atoms with Crippen LogP contribution in [0.4, 0.5) is 34.1 Å². The van der Waals surface area contributed by atoms with Crippen molar-refractivity contribution in [1.82, 2.24) is 0 Å². The van der Waals surface area contributed by atoms with E-state index >= 15 is 0 Å². The van der Waals surface area contributed by atoms with Crippen LogP contribution in [-0.4, -0.2) is 0 Å². The summed E-state index contributed by atoms with van der Waals surface area (Å²) in [7, 11) is 0. The Labute approximate surface area is 419 Å². The molecule has 71 heavy (non-hydrogen) atoms. The fourth-order valence-electron chi connectivity index (χ4n) is 10.4. The summed E-state index contributed by atoms with van der Waals surface area (Å²) in [6.07, 6.45) is 0. The molecule has 0 unspecified atom stereocenters. The number of nitrogens with zero attached hydrogens (tertiary/aromatic N) is 2. The monoisotopic (exact) mass is 942 g/mol. The third kappa shape index (κ3) is 7.33. The number of rotatable bonds is 9. The molecular formula is C66H42N2OS2. The molecule has 0 N–H and O–H groups in total. The highest BCUT2D eigenvalue weighted by atomic mass is 32.1. The van der Waals surface area contributed by atoms with E-state index in [1.807, 2.05) is 28.7 Å². The molecule has 0 saturated heterocycles. The second kappa shape index (κ2) is 17.0. The summed E-state index contributed by atoms with van der Waals surface area (Å²) in [5.41, 5.74) is 15.1. The van der Waals surface area contributed by atoms with Crippen LogP contribution in [-0.2, 0) is 0 Å². The van der Waals surface area contributed by atoms with Crippen LogP contribution in [0, 0.1) is 0 Å². The Morgan fingerprint density at radius 2 is 0.634 bits per heavy atom. The summed E-state index contributed by atoms with van der Waals surface area (Å²) < 4.78 is 11.5. The lowest BCUT2D eigenvalue weighted by atomic mass is 9.99. The minimum atomic E-state index is 0.875. The number of thiophene rings is 2. The minimum Gasteiger partial charge on any atom is -0.456 e. The predicted octanol–water partition coefficient (Wildman–Crippen LogP) is 20.3. The highest BCUT2D eigenvalue weighted by Crippen LogP contribution is 2.47. The highest BCUT2D eigenvalue weighted by molar-refractivity contribution is 7.26. The van der Waals surface area contributed by atoms with Gasteiger partial charge in [0, 0.05) is 85.2 Å². The molecule has 0 atom stereocenters. The first-order valence-corrected chi connectivity index (χ1v) is 25.6. The van der Waals surface area contributed by atoms with Crippen LogP contribution in [0.15, 0.2) is 259 Å². The van der Waals surface area contributed by atoms with Gasteiger partial charge < -0.3 is 14.2 Å². The maximum absolute atomic E-state index is 6.38. The number of benzene rings is 11. The fourth-order valence-corrected chi connectivity index (χ4v) is 12.7. The maximum Gasteiger partial charge on any atom is 0.135 e. The molecule has 334 valence electrons. The van der Waals surface area contributed by atoms with Crippen LogP contribution >= 0.6 is 22.7 Å². The number of hydrogen-bond acceptors (Lipinski definition) is 5. The van der Waals surface area contributed by atoms with Crippen LogP contribution in [0.1, 0.15) is 0 Å². The number of fused-ring (bicyclic) bond motifs is 9. The van der Waals surface area contributed by atoms with E-state index in [4.69, 9.17) is 4.42 Å². The van der Waals surface area contributed by atoms with Crippen molar-refractivity contribution in [2.75, 3.05) is 9.80 Å². The van der Waals surface area contributed by atoms with Gasteiger partial charge >= 0.3 is 0 Å². The van der Waals surface area contributed by atoms with Crippen LogP contribution in [0.2, 0.25) is 0 Å². The summed E-state index contributed by atoms with van der Waals surface area (Å²) in [6.45, 7) is 0. The Balaban J connectivity index is 1.02. The number of hydrogen-bond donors (Lipinski definition) is 0. The second-order valence-corrected chi connectivity index (χ2v) is 20.3. The molecule has 0 radical (unpaired) electrons. The molecule has 0 aliphatic carbocycles. The zero-order chi connectivity index (χ0) is 46.8. The molecule has 3 heterocycles. The van der Waals surface area contributed by atoms with E-state index in [1.165, 1.54) is 62.6 Å². The Hall–Kier alpha value is -8.74. The molecule has 0 fully saturated rings. The molecule has 0 aliphatic rings. The Morgan fingerprint density at radius 3 is 1.17 bits per heavy atom. The average molecular weight is 943 g/mol. The molecule has 0 spiro atoms. The SMILES string of the molecule is c1ccc(-c2ccc(N(c3cc(-c4ccc5oc6ccccc6c5c4)cc(N(c4ccc(-c5ccccc5)cc4)c4ccc5c(c4)sc4ccccc45)c3)c3ccc4c(c3)sc3ccccc34)cc2)cc1. The molecule has 0 amide bonds. The van der Waals surface area contributed by atoms with Crippen molar-refractivity contribution < 1.29 is 4.42 Å². The topological polar surface area (TPSA) is 19.6 Å². The molecule has 5 heteroatoms. The Kier molecular flexibility index (Phi) is 9.90. The third-order valence-corrected chi connectivity index (χ3v) is 16.1. The zero-order valence-electron chi connectivity index (χ0n) is 38.4. The molecule has 14 aromatic rings. The number of furan rings is 1. The van der Waals surface area contributed by atoms with Crippen molar-refractivity contribution in [2.24, 2.45) is 0 Å². The van der Waals surface area contributed by atoms with Crippen molar-refractivity contribution in [1.29, 1.82) is 0 Å². The molecule has 3 aromatic heterocycles. The van der Waals surface area contributed by atoms with Crippen molar-refractivity contribution in [3.8, 4) is 33.4 Å². The van der Waals surface area contributed by atoms with Crippen molar-refractivity contribution >= 4 is 119 Å². The van der Waals surface area contributed by atoms with Gasteiger partial charge in [0.2, 0.25) is 0 Å². The van der Waals surface area contributed by atoms with Gasteiger partial charge in [-0.25, -0.2) is 0 Å². The molecular weight excluding hydrogens is 901 g/mol. The largest absolute Gasteiger partial charge is 0.456 e. The van der Waals surface area contributed by atoms with Crippen LogP contribution in [0.3, 0.4) is 0 Å². The summed E-state index contributed by atoms with van der Waals surface area (Å²) in [5, 5.41) is 7.31. The van der Waals surface area contributed by atoms with Crippen LogP contribution in [0.5, 0.6) is 0 Å². The predicted molar refractivity (Wildman–Crippen MR) is 305 cm³/mol. The van der Waals surface area contributed by atoms with Crippen LogP contribution < -0.4 is 9.80 Å². The third-order valence-electron chi connectivity index (χ3n) is 13.8. The van der Waals surface area contributed by atoms with Crippen LogP contribution in [0.25, 0.3) is 95.7 Å². The van der Waals surface area contributed by atoms with E-state index in [0.29, 0.717) is 0 Å². The normalized spacial score (nSPS) is 11.7. The maximum atomic E-state index is 6.38. The number of para-hydroxylation sites is 1. The van der Waals surface area contributed by atoms with Gasteiger partial charge in [0.25, 0.3) is 0 Å². The van der Waals surface area contributed by atoms with Gasteiger partial charge in [-0.05, 0) is 130 Å². The summed E-state index contributed by atoms with van der Waals surface area (Å²) in [5.74, 6) is 0. The minimum absolute atomic E-state index is 0.875. The molecule has 14 rings (SSSR count). The van der Waals surface area contributed by atoms with E-state index in [2.05, 4.69) is 259 Å². The molecule has 11 aromatic carbocycles. The van der Waals surface area contributed by atoms with Gasteiger partial charge in [-0.2, -0.15) is 0 Å². The van der Waals surface area contributed by atoms with Gasteiger partial charge in [-0.3, -0.25) is 0 Å². The van der Waals surface area contributed by atoms with E-state index < -0.39 is 0 Å². The molecule has 3 nitrogen and oxygen atoms in total. The average Bonchev–Trinajstić information content (AvgIpc) is 4.13. The first-order chi connectivity index (χ1) is 35.1. The standard InChI is InChI=1S/C66H42N2OS2/c1-3-13-43(14-4-1)45-23-28-49(29-24-45)67(51-32-34-58-56-18-8-11-21-63(56)70-65(58)41-51)53-37-48(47-27-36-62-60(39-47)55-17-7-10-20-61(55)69-62)38-54(40-53)68(50-30-25-46(26-31-50)44-15-5-2-6-16-44)52-33-35-59-57-19-9-12-22-64(57)71-66(59)42-52/h1-42H. The molecule has 0 saturated carbocycles. The lowest BCUT2D eigenvalue weighted by Crippen LogP contribution is -2.13. The van der Waals surface area contributed by atoms with E-state index in [-0.39, 0.29) is 0 Å². The Bertz CT molecular complexity index is 4070. The molecule has 0 bridgehead atoms. The lowest BCUT2D eigenvalue weighted by molar-refractivity contribution is 0.669. The smallest absolute Gasteiger partial charge is 0.135 e. The Morgan fingerprint density at radius 1 is 0.225 bits per heavy atom. The zero-order valence-corrected chi connectivity index (χ0v) is 40.0. The first-order valence-electron chi connectivity index (χ1n) is 24.0. The van der Waals surface area contributed by atoms with E-state index in [0.717, 1.165) is 67.2 Å². The first kappa shape index (κ1) is 41.3. The fraction of sp³-hybridized carbons (Fsp3) is 0. The van der Waals surface area contributed by atoms with Gasteiger partial charge in [-0.1, -0.05) is 158 Å². The lowest BCUT2D eigenvalue weighted by Gasteiger charge is -2.30. The van der Waals surface area contributed by atoms with Gasteiger partial charge in [0.1, 0.15) is 11.2 Å². The summed E-state index contributed by atoms with van der Waals surface area (Å²) in [4.78, 5) is 4.87. The highest BCUT2D eigenvalue weighted by Gasteiger charge is 2.22. The van der Waals surface area contributed by atoms with Crippen molar-refractivity contribution in [2.45, 2.75) is 0 Å². The molecule has 0 aliphatic heterocycles. The second-order valence-electron chi connectivity index (χ2n) is 18.1. The van der Waals surface area contributed by atoms with Gasteiger partial charge in [0.05, 0.1) is 0 Å².